The van der Waals surface area contributed by atoms with E-state index < -0.39 is 5.91 Å². The molecule has 1 saturated heterocycles. The van der Waals surface area contributed by atoms with E-state index in [1.807, 2.05) is 0 Å². The molecular formula is C13H17BrN2O2. The molecule has 0 saturated carbocycles. The van der Waals surface area contributed by atoms with Crippen molar-refractivity contribution in [2.45, 2.75) is 12.8 Å². The van der Waals surface area contributed by atoms with E-state index in [0.717, 1.165) is 38.3 Å². The highest BCUT2D eigenvalue weighted by Crippen LogP contribution is 2.24. The number of hydrogen-bond acceptors (Lipinski definition) is 3. The van der Waals surface area contributed by atoms with E-state index in [9.17, 15) is 4.79 Å². The molecule has 1 aromatic rings. The van der Waals surface area contributed by atoms with Crippen LogP contribution in [0.15, 0.2) is 22.7 Å². The van der Waals surface area contributed by atoms with Crippen molar-refractivity contribution in [3.05, 3.63) is 28.2 Å². The van der Waals surface area contributed by atoms with Gasteiger partial charge in [-0.05, 0) is 66.0 Å². The normalized spacial score (nSPS) is 16.5. The Balaban J connectivity index is 1.93. The highest BCUT2D eigenvalue weighted by Gasteiger charge is 2.14. The van der Waals surface area contributed by atoms with Gasteiger partial charge in [0.05, 0.1) is 12.2 Å². The number of halogens is 1. The average Bonchev–Trinajstić information content (AvgIpc) is 2.37. The van der Waals surface area contributed by atoms with E-state index in [2.05, 4.69) is 21.2 Å². The van der Waals surface area contributed by atoms with Gasteiger partial charge in [0.1, 0.15) is 5.75 Å². The van der Waals surface area contributed by atoms with E-state index >= 15 is 0 Å². The molecule has 4 nitrogen and oxygen atoms in total. The lowest BCUT2D eigenvalue weighted by Gasteiger charge is -2.22. The first-order chi connectivity index (χ1) is 8.66. The molecule has 98 valence electrons. The SMILES string of the molecule is NC(=O)c1ccc(OCC2CCNCC2)cc1Br. The first kappa shape index (κ1) is 13.4. The highest BCUT2D eigenvalue weighted by molar-refractivity contribution is 9.10. The summed E-state index contributed by atoms with van der Waals surface area (Å²) in [5.74, 6) is 0.943. The van der Waals surface area contributed by atoms with Crippen LogP contribution in [0, 0.1) is 5.92 Å². The molecule has 0 radical (unpaired) electrons. The molecule has 0 atom stereocenters. The number of amides is 1. The van der Waals surface area contributed by atoms with Gasteiger partial charge in [0.2, 0.25) is 5.91 Å². The van der Waals surface area contributed by atoms with Crippen LogP contribution >= 0.6 is 15.9 Å². The van der Waals surface area contributed by atoms with Gasteiger partial charge in [-0.2, -0.15) is 0 Å². The molecule has 1 aliphatic heterocycles. The van der Waals surface area contributed by atoms with Crippen molar-refractivity contribution in [2.75, 3.05) is 19.7 Å². The predicted octanol–water partition coefficient (Wildman–Crippen LogP) is 1.93. The third-order valence-electron chi connectivity index (χ3n) is 3.15. The Hall–Kier alpha value is -1.07. The Morgan fingerprint density at radius 1 is 1.44 bits per heavy atom. The zero-order chi connectivity index (χ0) is 13.0. The number of rotatable bonds is 4. The maximum Gasteiger partial charge on any atom is 0.249 e. The monoisotopic (exact) mass is 312 g/mol. The number of ether oxygens (including phenoxy) is 1. The molecule has 0 spiro atoms. The smallest absolute Gasteiger partial charge is 0.249 e. The van der Waals surface area contributed by atoms with Crippen molar-refractivity contribution < 1.29 is 9.53 Å². The minimum Gasteiger partial charge on any atom is -0.493 e. The Kier molecular flexibility index (Phi) is 4.60. The van der Waals surface area contributed by atoms with Crippen LogP contribution in [0.3, 0.4) is 0 Å². The number of carbonyl (C=O) groups excluding carboxylic acids is 1. The van der Waals surface area contributed by atoms with Crippen molar-refractivity contribution in [1.82, 2.24) is 5.32 Å². The molecule has 5 heteroatoms. The highest BCUT2D eigenvalue weighted by atomic mass is 79.9. The van der Waals surface area contributed by atoms with Gasteiger partial charge < -0.3 is 15.8 Å². The molecule has 18 heavy (non-hydrogen) atoms. The molecule has 1 aliphatic rings. The summed E-state index contributed by atoms with van der Waals surface area (Å²) in [4.78, 5) is 11.1. The molecular weight excluding hydrogens is 296 g/mol. The maximum atomic E-state index is 11.1. The lowest BCUT2D eigenvalue weighted by molar-refractivity contribution is 0.0999. The molecule has 1 aromatic carbocycles. The van der Waals surface area contributed by atoms with Crippen LogP contribution in [-0.2, 0) is 0 Å². The lowest BCUT2D eigenvalue weighted by atomic mass is 9.99. The Bertz CT molecular complexity index is 431. The summed E-state index contributed by atoms with van der Waals surface area (Å²) in [7, 11) is 0. The van der Waals surface area contributed by atoms with Crippen LogP contribution in [0.25, 0.3) is 0 Å². The zero-order valence-corrected chi connectivity index (χ0v) is 11.7. The standard InChI is InChI=1S/C13H17BrN2O2/c14-12-7-10(1-2-11(12)13(15)17)18-8-9-3-5-16-6-4-9/h1-2,7,9,16H,3-6,8H2,(H2,15,17). The summed E-state index contributed by atoms with van der Waals surface area (Å²) in [5.41, 5.74) is 5.71. The van der Waals surface area contributed by atoms with Gasteiger partial charge in [0.25, 0.3) is 0 Å². The molecule has 0 unspecified atom stereocenters. The summed E-state index contributed by atoms with van der Waals surface area (Å²) in [6.45, 7) is 2.86. The fraction of sp³-hybridized carbons (Fsp3) is 0.462. The van der Waals surface area contributed by atoms with E-state index in [1.165, 1.54) is 0 Å². The summed E-state index contributed by atoms with van der Waals surface area (Å²) in [6, 6.07) is 5.26. The van der Waals surface area contributed by atoms with Crippen molar-refractivity contribution in [3.63, 3.8) is 0 Å². The number of nitrogens with one attached hydrogen (secondary N) is 1. The van der Waals surface area contributed by atoms with Crippen LogP contribution in [-0.4, -0.2) is 25.6 Å². The molecule has 0 aromatic heterocycles. The summed E-state index contributed by atoms with van der Waals surface area (Å²) in [6.07, 6.45) is 2.31. The van der Waals surface area contributed by atoms with Gasteiger partial charge >= 0.3 is 0 Å². The Morgan fingerprint density at radius 3 is 2.78 bits per heavy atom. The second-order valence-corrected chi connectivity index (χ2v) is 5.36. The van der Waals surface area contributed by atoms with Crippen LogP contribution in [0.4, 0.5) is 0 Å². The second-order valence-electron chi connectivity index (χ2n) is 4.51. The number of piperidine rings is 1. The molecule has 1 fully saturated rings. The number of benzene rings is 1. The fourth-order valence-corrected chi connectivity index (χ4v) is 2.60. The first-order valence-corrected chi connectivity index (χ1v) is 6.89. The van der Waals surface area contributed by atoms with Gasteiger partial charge in [-0.1, -0.05) is 0 Å². The van der Waals surface area contributed by atoms with Gasteiger partial charge in [0, 0.05) is 4.47 Å². The van der Waals surface area contributed by atoms with Crippen molar-refractivity contribution in [3.8, 4) is 5.75 Å². The molecule has 2 rings (SSSR count). The van der Waals surface area contributed by atoms with E-state index in [0.29, 0.717) is 16.0 Å². The zero-order valence-electron chi connectivity index (χ0n) is 10.1. The quantitative estimate of drug-likeness (QED) is 0.893. The summed E-state index contributed by atoms with van der Waals surface area (Å²) in [5, 5.41) is 3.33. The predicted molar refractivity (Wildman–Crippen MR) is 73.7 cm³/mol. The van der Waals surface area contributed by atoms with Gasteiger partial charge in [-0.15, -0.1) is 0 Å². The molecule has 1 heterocycles. The van der Waals surface area contributed by atoms with Gasteiger partial charge in [0.15, 0.2) is 0 Å². The minimum atomic E-state index is -0.438. The number of hydrogen-bond donors (Lipinski definition) is 2. The van der Waals surface area contributed by atoms with Gasteiger partial charge in [-0.25, -0.2) is 0 Å². The largest absolute Gasteiger partial charge is 0.493 e. The van der Waals surface area contributed by atoms with Crippen molar-refractivity contribution in [2.24, 2.45) is 11.7 Å². The molecule has 0 aliphatic carbocycles. The minimum absolute atomic E-state index is 0.438. The van der Waals surface area contributed by atoms with Crippen LogP contribution in [0.1, 0.15) is 23.2 Å². The van der Waals surface area contributed by atoms with Crippen molar-refractivity contribution >= 4 is 21.8 Å². The van der Waals surface area contributed by atoms with Crippen LogP contribution in [0.5, 0.6) is 5.75 Å². The molecule has 0 bridgehead atoms. The van der Waals surface area contributed by atoms with E-state index in [1.54, 1.807) is 18.2 Å². The van der Waals surface area contributed by atoms with Gasteiger partial charge in [-0.3, -0.25) is 4.79 Å². The maximum absolute atomic E-state index is 11.1. The Morgan fingerprint density at radius 2 is 2.17 bits per heavy atom. The summed E-state index contributed by atoms with van der Waals surface area (Å²) >= 11 is 3.32. The Labute approximate surface area is 115 Å². The van der Waals surface area contributed by atoms with E-state index in [4.69, 9.17) is 10.5 Å². The number of primary amides is 1. The topological polar surface area (TPSA) is 64.4 Å². The fourth-order valence-electron chi connectivity index (χ4n) is 2.05. The number of carbonyl (C=O) groups is 1. The third-order valence-corrected chi connectivity index (χ3v) is 3.81. The van der Waals surface area contributed by atoms with Crippen LogP contribution in [0.2, 0.25) is 0 Å². The lowest BCUT2D eigenvalue weighted by Crippen LogP contribution is -2.30. The van der Waals surface area contributed by atoms with Crippen LogP contribution < -0.4 is 15.8 Å². The second kappa shape index (κ2) is 6.20. The van der Waals surface area contributed by atoms with Crippen molar-refractivity contribution in [1.29, 1.82) is 0 Å². The third kappa shape index (κ3) is 3.46. The number of nitrogens with two attached hydrogens (primary N) is 1. The first-order valence-electron chi connectivity index (χ1n) is 6.09. The molecule has 1 amide bonds. The average molecular weight is 313 g/mol. The molecule has 3 N–H and O–H groups in total. The van der Waals surface area contributed by atoms with E-state index in [-0.39, 0.29) is 0 Å². The summed E-state index contributed by atoms with van der Waals surface area (Å²) < 4.78 is 6.43.